The van der Waals surface area contributed by atoms with Crippen LogP contribution in [-0.4, -0.2) is 13.7 Å². The maximum Gasteiger partial charge on any atom is 0.119 e. The molecule has 0 aliphatic heterocycles. The zero-order valence-electron chi connectivity index (χ0n) is 9.26. The third kappa shape index (κ3) is 3.04. The Kier molecular flexibility index (Phi) is 4.47. The molecule has 0 saturated heterocycles. The number of ether oxygens (including phenoxy) is 1. The molecule has 0 heterocycles. The van der Waals surface area contributed by atoms with Crippen molar-refractivity contribution in [1.29, 1.82) is 0 Å². The molecule has 1 aromatic rings. The Balaban J connectivity index is 2.81. The average molecular weight is 193 g/mol. The summed E-state index contributed by atoms with van der Waals surface area (Å²) in [6.07, 6.45) is 1.05. The van der Waals surface area contributed by atoms with Crippen LogP contribution in [0.1, 0.15) is 25.0 Å². The van der Waals surface area contributed by atoms with Gasteiger partial charge in [-0.25, -0.2) is 0 Å². The van der Waals surface area contributed by atoms with Crippen molar-refractivity contribution in [1.82, 2.24) is 5.32 Å². The lowest BCUT2D eigenvalue weighted by molar-refractivity contribution is 0.413. The Morgan fingerprint density at radius 3 is 2.43 bits per heavy atom. The van der Waals surface area contributed by atoms with Crippen molar-refractivity contribution in [2.75, 3.05) is 13.7 Å². The minimum atomic E-state index is 0.917. The van der Waals surface area contributed by atoms with Gasteiger partial charge in [-0.05, 0) is 36.2 Å². The average Bonchev–Trinajstić information content (AvgIpc) is 2.25. The number of methoxy groups -OCH3 is 1. The number of nitrogens with one attached hydrogen (secondary N) is 1. The zero-order valence-corrected chi connectivity index (χ0v) is 9.26. The smallest absolute Gasteiger partial charge is 0.119 e. The summed E-state index contributed by atoms with van der Waals surface area (Å²) in [4.78, 5) is 0. The summed E-state index contributed by atoms with van der Waals surface area (Å²) in [6.45, 7) is 6.19. The lowest BCUT2D eigenvalue weighted by Crippen LogP contribution is -2.11. The van der Waals surface area contributed by atoms with E-state index in [9.17, 15) is 0 Å². The first kappa shape index (κ1) is 11.1. The third-order valence-electron chi connectivity index (χ3n) is 2.25. The van der Waals surface area contributed by atoms with Gasteiger partial charge in [-0.1, -0.05) is 19.9 Å². The molecular weight excluding hydrogens is 174 g/mol. The van der Waals surface area contributed by atoms with Crippen LogP contribution in [0.25, 0.3) is 0 Å². The Hall–Kier alpha value is -1.02. The van der Waals surface area contributed by atoms with Gasteiger partial charge in [0.15, 0.2) is 0 Å². The molecular formula is C12H19NO. The van der Waals surface area contributed by atoms with E-state index in [4.69, 9.17) is 4.74 Å². The molecule has 0 fully saturated rings. The zero-order chi connectivity index (χ0) is 10.4. The highest BCUT2D eigenvalue weighted by Gasteiger charge is 1.99. The van der Waals surface area contributed by atoms with Gasteiger partial charge in [-0.3, -0.25) is 0 Å². The summed E-state index contributed by atoms with van der Waals surface area (Å²) in [5.41, 5.74) is 2.63. The maximum atomic E-state index is 5.25. The van der Waals surface area contributed by atoms with Crippen LogP contribution in [0.3, 0.4) is 0 Å². The quantitative estimate of drug-likeness (QED) is 0.775. The molecule has 14 heavy (non-hydrogen) atoms. The minimum absolute atomic E-state index is 0.917. The molecule has 0 saturated carbocycles. The second-order valence-electron chi connectivity index (χ2n) is 3.32. The van der Waals surface area contributed by atoms with Crippen molar-refractivity contribution in [2.24, 2.45) is 0 Å². The Bertz CT molecular complexity index is 261. The van der Waals surface area contributed by atoms with Crippen LogP contribution < -0.4 is 10.1 Å². The van der Waals surface area contributed by atoms with Crippen LogP contribution in [0.5, 0.6) is 5.75 Å². The van der Waals surface area contributed by atoms with Crippen molar-refractivity contribution in [3.8, 4) is 5.75 Å². The minimum Gasteiger partial charge on any atom is -0.497 e. The van der Waals surface area contributed by atoms with Crippen molar-refractivity contribution < 1.29 is 4.74 Å². The first-order chi connectivity index (χ1) is 6.80. The lowest BCUT2D eigenvalue weighted by Gasteiger charge is -2.08. The molecule has 0 aliphatic rings. The molecule has 1 N–H and O–H groups in total. The first-order valence-electron chi connectivity index (χ1n) is 5.17. The topological polar surface area (TPSA) is 21.3 Å². The van der Waals surface area contributed by atoms with Crippen molar-refractivity contribution in [2.45, 2.75) is 26.8 Å². The highest BCUT2D eigenvalue weighted by Crippen LogP contribution is 2.17. The monoisotopic (exact) mass is 193 g/mol. The summed E-state index contributed by atoms with van der Waals surface area (Å²) < 4.78 is 5.25. The van der Waals surface area contributed by atoms with Gasteiger partial charge in [0.25, 0.3) is 0 Å². The maximum absolute atomic E-state index is 5.25. The molecule has 0 spiro atoms. The highest BCUT2D eigenvalue weighted by atomic mass is 16.5. The first-order valence-corrected chi connectivity index (χ1v) is 5.17. The van der Waals surface area contributed by atoms with Crippen molar-refractivity contribution in [3.05, 3.63) is 29.3 Å². The molecule has 0 unspecified atom stereocenters. The van der Waals surface area contributed by atoms with Gasteiger partial charge < -0.3 is 10.1 Å². The Labute approximate surface area is 86.3 Å². The Morgan fingerprint density at radius 1 is 1.14 bits per heavy atom. The molecule has 1 aromatic carbocycles. The summed E-state index contributed by atoms with van der Waals surface area (Å²) in [5, 5.41) is 3.31. The van der Waals surface area contributed by atoms with Crippen LogP contribution in [0.2, 0.25) is 0 Å². The summed E-state index contributed by atoms with van der Waals surface area (Å²) in [7, 11) is 1.71. The van der Waals surface area contributed by atoms with Crippen LogP contribution in [-0.2, 0) is 13.0 Å². The molecule has 2 nitrogen and oxygen atoms in total. The fourth-order valence-corrected chi connectivity index (χ4v) is 1.42. The van der Waals surface area contributed by atoms with E-state index in [0.717, 1.165) is 25.3 Å². The number of benzene rings is 1. The summed E-state index contributed by atoms with van der Waals surface area (Å²) >= 11 is 0. The normalized spacial score (nSPS) is 10.2. The van der Waals surface area contributed by atoms with E-state index in [0.29, 0.717) is 0 Å². The number of hydrogen-bond acceptors (Lipinski definition) is 2. The Morgan fingerprint density at radius 2 is 1.86 bits per heavy atom. The predicted octanol–water partition coefficient (Wildman–Crippen LogP) is 2.37. The van der Waals surface area contributed by atoms with Gasteiger partial charge in [0, 0.05) is 6.54 Å². The van der Waals surface area contributed by atoms with Gasteiger partial charge in [0.1, 0.15) is 5.75 Å². The van der Waals surface area contributed by atoms with Crippen LogP contribution in [0.4, 0.5) is 0 Å². The fraction of sp³-hybridized carbons (Fsp3) is 0.500. The van der Waals surface area contributed by atoms with E-state index in [1.807, 2.05) is 0 Å². The van der Waals surface area contributed by atoms with Gasteiger partial charge in [-0.2, -0.15) is 0 Å². The van der Waals surface area contributed by atoms with Crippen LogP contribution in [0.15, 0.2) is 18.2 Å². The number of aryl methyl sites for hydroxylation is 1. The van der Waals surface area contributed by atoms with Crippen LogP contribution >= 0.6 is 0 Å². The highest BCUT2D eigenvalue weighted by molar-refractivity contribution is 5.34. The lowest BCUT2D eigenvalue weighted by atomic mass is 10.1. The van der Waals surface area contributed by atoms with E-state index in [-0.39, 0.29) is 0 Å². The molecule has 2 heteroatoms. The van der Waals surface area contributed by atoms with E-state index in [1.54, 1.807) is 7.11 Å². The molecule has 0 radical (unpaired) electrons. The molecule has 0 atom stereocenters. The predicted molar refractivity (Wildman–Crippen MR) is 59.8 cm³/mol. The van der Waals surface area contributed by atoms with Gasteiger partial charge >= 0.3 is 0 Å². The molecule has 0 amide bonds. The van der Waals surface area contributed by atoms with Crippen molar-refractivity contribution in [3.63, 3.8) is 0 Å². The molecule has 0 bridgehead atoms. The second-order valence-corrected chi connectivity index (χ2v) is 3.32. The molecule has 78 valence electrons. The van der Waals surface area contributed by atoms with Crippen molar-refractivity contribution >= 4 is 0 Å². The number of rotatable bonds is 5. The summed E-state index contributed by atoms with van der Waals surface area (Å²) in [6, 6.07) is 6.41. The van der Waals surface area contributed by atoms with E-state index in [2.05, 4.69) is 37.4 Å². The van der Waals surface area contributed by atoms with Gasteiger partial charge in [-0.15, -0.1) is 0 Å². The second kappa shape index (κ2) is 5.66. The van der Waals surface area contributed by atoms with E-state index in [1.165, 1.54) is 11.1 Å². The SMILES string of the molecule is CCNCc1cc(CC)cc(OC)c1. The fourth-order valence-electron chi connectivity index (χ4n) is 1.42. The summed E-state index contributed by atoms with van der Waals surface area (Å²) in [5.74, 6) is 0.956. The third-order valence-corrected chi connectivity index (χ3v) is 2.25. The molecule has 0 aromatic heterocycles. The molecule has 1 rings (SSSR count). The van der Waals surface area contributed by atoms with E-state index < -0.39 is 0 Å². The largest absolute Gasteiger partial charge is 0.497 e. The van der Waals surface area contributed by atoms with Crippen LogP contribution in [0, 0.1) is 0 Å². The molecule has 0 aliphatic carbocycles. The van der Waals surface area contributed by atoms with Gasteiger partial charge in [0.2, 0.25) is 0 Å². The van der Waals surface area contributed by atoms with Gasteiger partial charge in [0.05, 0.1) is 7.11 Å². The van der Waals surface area contributed by atoms with E-state index >= 15 is 0 Å². The number of hydrogen-bond donors (Lipinski definition) is 1. The standard InChI is InChI=1S/C12H19NO/c1-4-10-6-11(9-13-5-2)8-12(7-10)14-3/h6-8,13H,4-5,9H2,1-3H3.